The minimum Gasteiger partial charge on any atom is -0.379 e. The number of hydrogen-bond donors (Lipinski definition) is 1. The third-order valence-corrected chi connectivity index (χ3v) is 3.91. The quantitative estimate of drug-likeness (QED) is 0.617. The number of nitrogens with one attached hydrogen (secondary N) is 1. The Morgan fingerprint density at radius 1 is 1.38 bits per heavy atom. The van der Waals surface area contributed by atoms with Gasteiger partial charge in [-0.05, 0) is 36.8 Å². The lowest BCUT2D eigenvalue weighted by molar-refractivity contribution is -0.384. The topological polar surface area (TPSA) is 55.2 Å². The van der Waals surface area contributed by atoms with Crippen LogP contribution in [0.2, 0.25) is 0 Å². The van der Waals surface area contributed by atoms with Crippen LogP contribution in [0.3, 0.4) is 0 Å². The van der Waals surface area contributed by atoms with Crippen molar-refractivity contribution in [3.8, 4) is 0 Å². The van der Waals surface area contributed by atoms with Crippen LogP contribution in [0.1, 0.15) is 38.2 Å². The number of alkyl halides is 3. The fraction of sp³-hybridized carbons (Fsp3) is 0.571. The molecule has 0 atom stereocenters. The first-order valence-electron chi connectivity index (χ1n) is 6.87. The van der Waals surface area contributed by atoms with Gasteiger partial charge in [-0.2, -0.15) is 13.2 Å². The molecule has 0 heterocycles. The van der Waals surface area contributed by atoms with E-state index in [9.17, 15) is 23.3 Å². The molecule has 0 saturated heterocycles. The van der Waals surface area contributed by atoms with Crippen LogP contribution in [0.5, 0.6) is 0 Å². The number of hydrogen-bond acceptors (Lipinski definition) is 3. The highest BCUT2D eigenvalue weighted by Crippen LogP contribution is 2.49. The Hall–Kier alpha value is -1.79. The van der Waals surface area contributed by atoms with Gasteiger partial charge in [-0.1, -0.05) is 13.3 Å². The van der Waals surface area contributed by atoms with Gasteiger partial charge < -0.3 is 5.32 Å². The highest BCUT2D eigenvalue weighted by atomic mass is 19.4. The molecule has 1 aliphatic carbocycles. The Labute approximate surface area is 120 Å². The van der Waals surface area contributed by atoms with Crippen molar-refractivity contribution in [1.82, 2.24) is 0 Å². The minimum absolute atomic E-state index is 0.148. The van der Waals surface area contributed by atoms with Crippen molar-refractivity contribution in [3.63, 3.8) is 0 Å². The molecule has 2 rings (SSSR count). The van der Waals surface area contributed by atoms with Crippen molar-refractivity contribution in [2.75, 3.05) is 11.9 Å². The second-order valence-corrected chi connectivity index (χ2v) is 5.59. The van der Waals surface area contributed by atoms with E-state index in [1.165, 1.54) is 0 Å². The van der Waals surface area contributed by atoms with Crippen molar-refractivity contribution in [1.29, 1.82) is 0 Å². The molecule has 0 spiro atoms. The Morgan fingerprint density at radius 2 is 2.05 bits per heavy atom. The van der Waals surface area contributed by atoms with Crippen LogP contribution < -0.4 is 5.32 Å². The molecule has 7 heteroatoms. The maximum atomic E-state index is 12.6. The van der Waals surface area contributed by atoms with Gasteiger partial charge >= 0.3 is 6.18 Å². The molecule has 116 valence electrons. The highest BCUT2D eigenvalue weighted by molar-refractivity contribution is 5.63. The van der Waals surface area contributed by atoms with Crippen LogP contribution in [0.4, 0.5) is 24.5 Å². The predicted molar refractivity (Wildman–Crippen MR) is 73.2 cm³/mol. The molecule has 0 aliphatic heterocycles. The zero-order valence-corrected chi connectivity index (χ0v) is 11.7. The summed E-state index contributed by atoms with van der Waals surface area (Å²) in [4.78, 5) is 10.2. The first-order chi connectivity index (χ1) is 9.77. The van der Waals surface area contributed by atoms with Gasteiger partial charge in [0.15, 0.2) is 0 Å². The van der Waals surface area contributed by atoms with Crippen LogP contribution in [0.25, 0.3) is 0 Å². The molecule has 1 aromatic carbocycles. The SMILES string of the molecule is CCCC1(CNc2ccc(C(F)(F)F)cc2[N+](=O)[O-])CC1. The summed E-state index contributed by atoms with van der Waals surface area (Å²) in [5, 5.41) is 13.9. The largest absolute Gasteiger partial charge is 0.416 e. The summed E-state index contributed by atoms with van der Waals surface area (Å²) in [7, 11) is 0. The van der Waals surface area contributed by atoms with Gasteiger partial charge in [-0.25, -0.2) is 0 Å². The number of nitro groups is 1. The van der Waals surface area contributed by atoms with E-state index in [0.29, 0.717) is 12.6 Å². The van der Waals surface area contributed by atoms with Crippen molar-refractivity contribution in [3.05, 3.63) is 33.9 Å². The average Bonchev–Trinajstić information content (AvgIpc) is 3.15. The minimum atomic E-state index is -4.58. The molecule has 1 aliphatic rings. The monoisotopic (exact) mass is 302 g/mol. The van der Waals surface area contributed by atoms with E-state index in [1.807, 2.05) is 0 Å². The molecule has 1 saturated carbocycles. The summed E-state index contributed by atoms with van der Waals surface area (Å²) >= 11 is 0. The first-order valence-corrected chi connectivity index (χ1v) is 6.87. The van der Waals surface area contributed by atoms with Crippen LogP contribution >= 0.6 is 0 Å². The summed E-state index contributed by atoms with van der Waals surface area (Å²) in [5.74, 6) is 0. The second kappa shape index (κ2) is 5.54. The Balaban J connectivity index is 2.17. The van der Waals surface area contributed by atoms with E-state index >= 15 is 0 Å². The average molecular weight is 302 g/mol. The molecule has 1 N–H and O–H groups in total. The molecule has 4 nitrogen and oxygen atoms in total. The number of nitrogens with zero attached hydrogens (tertiary/aromatic N) is 1. The lowest BCUT2D eigenvalue weighted by Gasteiger charge is -2.16. The van der Waals surface area contributed by atoms with Gasteiger partial charge in [0.05, 0.1) is 10.5 Å². The second-order valence-electron chi connectivity index (χ2n) is 5.59. The van der Waals surface area contributed by atoms with Gasteiger partial charge in [-0.3, -0.25) is 10.1 Å². The van der Waals surface area contributed by atoms with Gasteiger partial charge in [-0.15, -0.1) is 0 Å². The number of benzene rings is 1. The Kier molecular flexibility index (Phi) is 4.11. The molecule has 0 unspecified atom stereocenters. The summed E-state index contributed by atoms with van der Waals surface area (Å²) in [5.41, 5.74) is -1.23. The van der Waals surface area contributed by atoms with E-state index < -0.39 is 22.4 Å². The number of halogens is 3. The lowest BCUT2D eigenvalue weighted by Crippen LogP contribution is -2.16. The number of anilines is 1. The third-order valence-electron chi connectivity index (χ3n) is 3.91. The van der Waals surface area contributed by atoms with Crippen LogP contribution in [0.15, 0.2) is 18.2 Å². The predicted octanol–water partition coefficient (Wildman–Crippen LogP) is 4.61. The fourth-order valence-electron chi connectivity index (χ4n) is 2.51. The van der Waals surface area contributed by atoms with Gasteiger partial charge in [0, 0.05) is 12.6 Å². The third kappa shape index (κ3) is 3.65. The van der Waals surface area contributed by atoms with Crippen molar-refractivity contribution >= 4 is 11.4 Å². The van der Waals surface area contributed by atoms with E-state index in [2.05, 4.69) is 12.2 Å². The summed E-state index contributed by atoms with van der Waals surface area (Å²) < 4.78 is 37.8. The Bertz CT molecular complexity index is 540. The molecular formula is C14H17F3N2O2. The lowest BCUT2D eigenvalue weighted by atomic mass is 10.0. The van der Waals surface area contributed by atoms with E-state index in [1.54, 1.807) is 0 Å². The first kappa shape index (κ1) is 15.6. The molecule has 1 fully saturated rings. The zero-order chi connectivity index (χ0) is 15.7. The molecule has 21 heavy (non-hydrogen) atoms. The summed E-state index contributed by atoms with van der Waals surface area (Å²) in [6.45, 7) is 2.63. The highest BCUT2D eigenvalue weighted by Gasteiger charge is 2.41. The summed E-state index contributed by atoms with van der Waals surface area (Å²) in [6.07, 6.45) is -0.418. The van der Waals surface area contributed by atoms with Gasteiger partial charge in [0.1, 0.15) is 5.69 Å². The number of nitro benzene ring substituents is 1. The van der Waals surface area contributed by atoms with E-state index in [4.69, 9.17) is 0 Å². The van der Waals surface area contributed by atoms with Gasteiger partial charge in [0.2, 0.25) is 0 Å². The van der Waals surface area contributed by atoms with E-state index in [0.717, 1.165) is 37.8 Å². The van der Waals surface area contributed by atoms with Gasteiger partial charge in [0.25, 0.3) is 5.69 Å². The standard InChI is InChI=1S/C14H17F3N2O2/c1-2-5-13(6-7-13)9-18-11-4-3-10(14(15,16)17)8-12(11)19(20)21/h3-4,8,18H,2,5-7,9H2,1H3. The molecular weight excluding hydrogens is 285 g/mol. The fourth-order valence-corrected chi connectivity index (χ4v) is 2.51. The Morgan fingerprint density at radius 3 is 2.52 bits per heavy atom. The molecule has 0 aromatic heterocycles. The van der Waals surface area contributed by atoms with E-state index in [-0.39, 0.29) is 11.1 Å². The molecule has 1 aromatic rings. The summed E-state index contributed by atoms with van der Waals surface area (Å²) in [6, 6.07) is 2.60. The molecule has 0 bridgehead atoms. The zero-order valence-electron chi connectivity index (χ0n) is 11.7. The molecule has 0 amide bonds. The van der Waals surface area contributed by atoms with Crippen LogP contribution in [-0.2, 0) is 6.18 Å². The van der Waals surface area contributed by atoms with Crippen molar-refractivity contribution < 1.29 is 18.1 Å². The number of rotatable bonds is 6. The van der Waals surface area contributed by atoms with Crippen LogP contribution in [-0.4, -0.2) is 11.5 Å². The molecule has 0 radical (unpaired) electrons. The maximum Gasteiger partial charge on any atom is 0.416 e. The van der Waals surface area contributed by atoms with Crippen molar-refractivity contribution in [2.24, 2.45) is 5.41 Å². The normalized spacial score (nSPS) is 16.6. The van der Waals surface area contributed by atoms with Crippen LogP contribution in [0, 0.1) is 15.5 Å². The maximum absolute atomic E-state index is 12.6. The smallest absolute Gasteiger partial charge is 0.379 e. The van der Waals surface area contributed by atoms with Crippen molar-refractivity contribution in [2.45, 2.75) is 38.8 Å².